The molecule has 4 heteroatoms. The van der Waals surface area contributed by atoms with Crippen molar-refractivity contribution in [1.29, 1.82) is 0 Å². The SMILES string of the molecule is CCCCCCOc1cccc(/C=C(\C(=O)O)c2cccs2)c1. The number of rotatable bonds is 9. The molecule has 0 fully saturated rings. The molecule has 0 amide bonds. The predicted molar refractivity (Wildman–Crippen MR) is 95.9 cm³/mol. The fraction of sp³-hybridized carbons (Fsp3) is 0.316. The quantitative estimate of drug-likeness (QED) is 0.499. The largest absolute Gasteiger partial charge is 0.494 e. The van der Waals surface area contributed by atoms with Gasteiger partial charge in [0, 0.05) is 4.88 Å². The van der Waals surface area contributed by atoms with E-state index in [4.69, 9.17) is 4.74 Å². The third-order valence-corrected chi connectivity index (χ3v) is 4.36. The smallest absolute Gasteiger partial charge is 0.337 e. The van der Waals surface area contributed by atoms with Gasteiger partial charge in [-0.25, -0.2) is 4.79 Å². The molecule has 0 aliphatic rings. The summed E-state index contributed by atoms with van der Waals surface area (Å²) in [4.78, 5) is 12.2. The highest BCUT2D eigenvalue weighted by molar-refractivity contribution is 7.11. The Kier molecular flexibility index (Phi) is 6.88. The van der Waals surface area contributed by atoms with E-state index >= 15 is 0 Å². The molecule has 0 saturated heterocycles. The van der Waals surface area contributed by atoms with Crippen LogP contribution in [-0.2, 0) is 4.79 Å². The van der Waals surface area contributed by atoms with Crippen LogP contribution in [0.5, 0.6) is 5.75 Å². The third-order valence-electron chi connectivity index (χ3n) is 3.45. The molecular formula is C19H22O3S. The third kappa shape index (κ3) is 5.57. The van der Waals surface area contributed by atoms with Crippen molar-refractivity contribution in [2.45, 2.75) is 32.6 Å². The minimum Gasteiger partial charge on any atom is -0.494 e. The summed E-state index contributed by atoms with van der Waals surface area (Å²) in [5.74, 6) is -0.135. The van der Waals surface area contributed by atoms with E-state index < -0.39 is 5.97 Å². The Morgan fingerprint density at radius 3 is 2.78 bits per heavy atom. The lowest BCUT2D eigenvalue weighted by atomic mass is 10.1. The highest BCUT2D eigenvalue weighted by atomic mass is 32.1. The minimum absolute atomic E-state index is 0.306. The lowest BCUT2D eigenvalue weighted by Gasteiger charge is -2.07. The molecule has 23 heavy (non-hydrogen) atoms. The number of unbranched alkanes of at least 4 members (excludes halogenated alkanes) is 3. The topological polar surface area (TPSA) is 46.5 Å². The number of hydrogen-bond acceptors (Lipinski definition) is 3. The number of aliphatic carboxylic acids is 1. The lowest BCUT2D eigenvalue weighted by Crippen LogP contribution is -1.99. The van der Waals surface area contributed by atoms with Gasteiger partial charge in [-0.2, -0.15) is 0 Å². The van der Waals surface area contributed by atoms with Gasteiger partial charge in [-0.15, -0.1) is 11.3 Å². The zero-order valence-electron chi connectivity index (χ0n) is 13.3. The molecular weight excluding hydrogens is 308 g/mol. The summed E-state index contributed by atoms with van der Waals surface area (Å²) in [7, 11) is 0. The molecule has 0 bridgehead atoms. The van der Waals surface area contributed by atoms with Gasteiger partial charge in [-0.05, 0) is 41.6 Å². The Morgan fingerprint density at radius 2 is 2.09 bits per heavy atom. The number of benzene rings is 1. The second-order valence-electron chi connectivity index (χ2n) is 5.32. The van der Waals surface area contributed by atoms with Crippen LogP contribution in [-0.4, -0.2) is 17.7 Å². The van der Waals surface area contributed by atoms with Gasteiger partial charge in [0.05, 0.1) is 12.2 Å². The first-order valence-electron chi connectivity index (χ1n) is 7.92. The van der Waals surface area contributed by atoms with E-state index in [1.54, 1.807) is 6.08 Å². The molecule has 0 aliphatic heterocycles. The molecule has 2 aromatic rings. The molecule has 3 nitrogen and oxygen atoms in total. The standard InChI is InChI=1S/C19H22O3S/c1-2-3-4-5-11-22-16-9-6-8-15(13-16)14-17(19(20)21)18-10-7-12-23-18/h6-10,12-14H,2-5,11H2,1H3,(H,20,21)/b17-14-. The van der Waals surface area contributed by atoms with E-state index in [1.807, 2.05) is 41.8 Å². The van der Waals surface area contributed by atoms with E-state index in [-0.39, 0.29) is 0 Å². The summed E-state index contributed by atoms with van der Waals surface area (Å²) >= 11 is 1.42. The lowest BCUT2D eigenvalue weighted by molar-refractivity contribution is -0.130. The molecule has 0 unspecified atom stereocenters. The van der Waals surface area contributed by atoms with Crippen molar-refractivity contribution in [3.63, 3.8) is 0 Å². The van der Waals surface area contributed by atoms with Crippen LogP contribution in [0.25, 0.3) is 11.6 Å². The summed E-state index contributed by atoms with van der Waals surface area (Å²) in [6.45, 7) is 2.88. The summed E-state index contributed by atoms with van der Waals surface area (Å²) in [5.41, 5.74) is 1.14. The summed E-state index contributed by atoms with van der Waals surface area (Å²) in [6, 6.07) is 11.2. The molecule has 0 aliphatic carbocycles. The Morgan fingerprint density at radius 1 is 1.22 bits per heavy atom. The van der Waals surface area contributed by atoms with Crippen molar-refractivity contribution in [3.05, 3.63) is 52.2 Å². The highest BCUT2D eigenvalue weighted by Crippen LogP contribution is 2.24. The van der Waals surface area contributed by atoms with Crippen LogP contribution in [0.15, 0.2) is 41.8 Å². The maximum absolute atomic E-state index is 11.5. The first-order valence-corrected chi connectivity index (χ1v) is 8.80. The Hall–Kier alpha value is -2.07. The summed E-state index contributed by atoms with van der Waals surface area (Å²) < 4.78 is 5.75. The van der Waals surface area contributed by atoms with Crippen LogP contribution in [0.2, 0.25) is 0 Å². The number of thiophene rings is 1. The van der Waals surface area contributed by atoms with Crippen LogP contribution in [0.3, 0.4) is 0 Å². The highest BCUT2D eigenvalue weighted by Gasteiger charge is 2.11. The molecule has 122 valence electrons. The van der Waals surface area contributed by atoms with Gasteiger partial charge in [0.25, 0.3) is 0 Å². The molecule has 1 heterocycles. The van der Waals surface area contributed by atoms with E-state index in [0.29, 0.717) is 12.2 Å². The number of ether oxygens (including phenoxy) is 1. The van der Waals surface area contributed by atoms with Crippen LogP contribution in [0.4, 0.5) is 0 Å². The van der Waals surface area contributed by atoms with Crippen molar-refractivity contribution in [1.82, 2.24) is 0 Å². The van der Waals surface area contributed by atoms with Crippen molar-refractivity contribution < 1.29 is 14.6 Å². The summed E-state index contributed by atoms with van der Waals surface area (Å²) in [5, 5.41) is 11.3. The number of hydrogen-bond donors (Lipinski definition) is 1. The molecule has 1 aromatic carbocycles. The van der Waals surface area contributed by atoms with Crippen molar-refractivity contribution in [2.24, 2.45) is 0 Å². The Balaban J connectivity index is 2.06. The van der Waals surface area contributed by atoms with Gasteiger partial charge < -0.3 is 9.84 Å². The first kappa shape index (κ1) is 17.3. The maximum Gasteiger partial charge on any atom is 0.337 e. The molecule has 1 aromatic heterocycles. The first-order chi connectivity index (χ1) is 11.2. The second kappa shape index (κ2) is 9.16. The fourth-order valence-electron chi connectivity index (χ4n) is 2.25. The van der Waals surface area contributed by atoms with Crippen molar-refractivity contribution in [3.8, 4) is 5.75 Å². The Labute approximate surface area is 141 Å². The van der Waals surface area contributed by atoms with Crippen LogP contribution >= 0.6 is 11.3 Å². The number of carboxylic acid groups (broad SMARTS) is 1. The average Bonchev–Trinajstić information content (AvgIpc) is 3.06. The van der Waals surface area contributed by atoms with Gasteiger partial charge in [0.1, 0.15) is 5.75 Å². The minimum atomic E-state index is -0.918. The van der Waals surface area contributed by atoms with Crippen LogP contribution in [0.1, 0.15) is 43.0 Å². The van der Waals surface area contributed by atoms with Crippen molar-refractivity contribution >= 4 is 29.0 Å². The molecule has 0 radical (unpaired) electrons. The fourth-order valence-corrected chi connectivity index (χ4v) is 2.98. The van der Waals surface area contributed by atoms with E-state index in [2.05, 4.69) is 6.92 Å². The van der Waals surface area contributed by atoms with Crippen LogP contribution in [0, 0.1) is 0 Å². The zero-order valence-corrected chi connectivity index (χ0v) is 14.1. The number of carboxylic acids is 1. The van der Waals surface area contributed by atoms with Crippen LogP contribution < -0.4 is 4.74 Å². The average molecular weight is 330 g/mol. The molecule has 1 N–H and O–H groups in total. The van der Waals surface area contributed by atoms with E-state index in [1.165, 1.54) is 30.6 Å². The van der Waals surface area contributed by atoms with Crippen molar-refractivity contribution in [2.75, 3.05) is 6.61 Å². The van der Waals surface area contributed by atoms with Gasteiger partial charge in [-0.3, -0.25) is 0 Å². The van der Waals surface area contributed by atoms with Gasteiger partial charge in [-0.1, -0.05) is 44.4 Å². The van der Waals surface area contributed by atoms with E-state index in [9.17, 15) is 9.90 Å². The number of carbonyl (C=O) groups is 1. The van der Waals surface area contributed by atoms with E-state index in [0.717, 1.165) is 22.6 Å². The maximum atomic E-state index is 11.5. The van der Waals surface area contributed by atoms with Gasteiger partial charge >= 0.3 is 5.97 Å². The monoisotopic (exact) mass is 330 g/mol. The van der Waals surface area contributed by atoms with Gasteiger partial charge in [0.2, 0.25) is 0 Å². The molecule has 2 rings (SSSR count). The second-order valence-corrected chi connectivity index (χ2v) is 6.27. The zero-order chi connectivity index (χ0) is 16.5. The summed E-state index contributed by atoms with van der Waals surface area (Å²) in [6.07, 6.45) is 6.36. The van der Waals surface area contributed by atoms with Gasteiger partial charge in [0.15, 0.2) is 0 Å². The normalized spacial score (nSPS) is 11.4. The predicted octanol–water partition coefficient (Wildman–Crippen LogP) is 5.33. The molecule has 0 saturated carbocycles. The molecule has 0 spiro atoms. The Bertz CT molecular complexity index is 644. The molecule has 0 atom stereocenters.